The second-order valence-electron chi connectivity index (χ2n) is 7.62. The normalized spacial score (nSPS) is 14.4. The van der Waals surface area contributed by atoms with Gasteiger partial charge in [0.25, 0.3) is 0 Å². The van der Waals surface area contributed by atoms with E-state index in [1.807, 2.05) is 36.4 Å². The lowest BCUT2D eigenvalue weighted by molar-refractivity contribution is 0.394. The van der Waals surface area contributed by atoms with Crippen LogP contribution in [0.3, 0.4) is 0 Å². The summed E-state index contributed by atoms with van der Waals surface area (Å²) in [5.41, 5.74) is 2.86. The van der Waals surface area contributed by atoms with Gasteiger partial charge in [0.15, 0.2) is 5.82 Å². The molecular formula is C24H29N5O2. The van der Waals surface area contributed by atoms with Gasteiger partial charge in [-0.2, -0.15) is 0 Å². The van der Waals surface area contributed by atoms with Crippen molar-refractivity contribution in [2.75, 3.05) is 37.5 Å². The molecule has 4 rings (SSSR count). The molecule has 3 heterocycles. The molecule has 0 spiro atoms. The molecule has 0 atom stereocenters. The van der Waals surface area contributed by atoms with Gasteiger partial charge in [0.2, 0.25) is 0 Å². The highest BCUT2D eigenvalue weighted by atomic mass is 16.5. The van der Waals surface area contributed by atoms with Crippen molar-refractivity contribution in [3.8, 4) is 23.0 Å². The molecule has 3 aromatic rings. The predicted molar refractivity (Wildman–Crippen MR) is 123 cm³/mol. The van der Waals surface area contributed by atoms with Crippen molar-refractivity contribution in [3.05, 3.63) is 54.4 Å². The van der Waals surface area contributed by atoms with Gasteiger partial charge in [-0.1, -0.05) is 13.0 Å². The van der Waals surface area contributed by atoms with Gasteiger partial charge in [-0.25, -0.2) is 9.97 Å². The first-order valence-corrected chi connectivity index (χ1v) is 10.7. The molecule has 0 amide bonds. The molecule has 2 aromatic heterocycles. The fourth-order valence-electron chi connectivity index (χ4n) is 3.82. The molecule has 7 heteroatoms. The van der Waals surface area contributed by atoms with Crippen LogP contribution < -0.4 is 19.7 Å². The highest BCUT2D eigenvalue weighted by Gasteiger charge is 2.22. The Balaban J connectivity index is 1.45. The van der Waals surface area contributed by atoms with Gasteiger partial charge in [0.1, 0.15) is 23.0 Å². The molecule has 0 saturated carbocycles. The summed E-state index contributed by atoms with van der Waals surface area (Å²) in [6.07, 6.45) is 4.68. The van der Waals surface area contributed by atoms with Crippen LogP contribution >= 0.6 is 0 Å². The van der Waals surface area contributed by atoms with Gasteiger partial charge in [0.05, 0.1) is 14.2 Å². The fraction of sp³-hybridized carbons (Fsp3) is 0.375. The Hall–Kier alpha value is -3.35. The highest BCUT2D eigenvalue weighted by Crippen LogP contribution is 2.28. The van der Waals surface area contributed by atoms with Crippen LogP contribution in [0.25, 0.3) is 11.5 Å². The van der Waals surface area contributed by atoms with Crippen LogP contribution in [-0.2, 0) is 6.42 Å². The van der Waals surface area contributed by atoms with E-state index in [0.717, 1.165) is 66.7 Å². The third-order valence-electron chi connectivity index (χ3n) is 5.56. The fourth-order valence-corrected chi connectivity index (χ4v) is 3.82. The quantitative estimate of drug-likeness (QED) is 0.615. The van der Waals surface area contributed by atoms with Crippen LogP contribution in [0.1, 0.15) is 25.5 Å². The van der Waals surface area contributed by atoms with Gasteiger partial charge in [0, 0.05) is 61.0 Å². The molecule has 1 aromatic carbocycles. The Bertz CT molecular complexity index is 982. The number of hydrogen-bond acceptors (Lipinski definition) is 7. The first kappa shape index (κ1) is 20.9. The first-order chi connectivity index (χ1) is 15.2. The molecule has 0 aliphatic carbocycles. The first-order valence-electron chi connectivity index (χ1n) is 10.7. The van der Waals surface area contributed by atoms with Crippen molar-refractivity contribution in [2.24, 2.45) is 0 Å². The molecule has 1 aliphatic rings. The second-order valence-corrected chi connectivity index (χ2v) is 7.62. The number of rotatable bonds is 7. The zero-order chi connectivity index (χ0) is 21.6. The molecule has 1 aliphatic heterocycles. The number of anilines is 2. The Morgan fingerprint density at radius 2 is 1.74 bits per heavy atom. The van der Waals surface area contributed by atoms with Crippen LogP contribution in [0, 0.1) is 0 Å². The van der Waals surface area contributed by atoms with Crippen molar-refractivity contribution >= 4 is 11.5 Å². The number of benzene rings is 1. The van der Waals surface area contributed by atoms with E-state index >= 15 is 0 Å². The number of nitrogens with one attached hydrogen (secondary N) is 1. The van der Waals surface area contributed by atoms with E-state index in [-0.39, 0.29) is 0 Å². The SMILES string of the molecule is CCc1cc(N2CCC(Nc3cc(OC)cc(OC)c3)CC2)nc(-c2ccccn2)n1. The number of piperidine rings is 1. The molecule has 1 fully saturated rings. The van der Waals surface area contributed by atoms with Crippen molar-refractivity contribution in [1.29, 1.82) is 0 Å². The summed E-state index contributed by atoms with van der Waals surface area (Å²) in [5, 5.41) is 3.63. The van der Waals surface area contributed by atoms with E-state index in [1.165, 1.54) is 0 Å². The van der Waals surface area contributed by atoms with E-state index in [4.69, 9.17) is 14.5 Å². The van der Waals surface area contributed by atoms with Gasteiger partial charge < -0.3 is 19.7 Å². The number of aromatic nitrogens is 3. The molecule has 0 bridgehead atoms. The van der Waals surface area contributed by atoms with Gasteiger partial charge >= 0.3 is 0 Å². The monoisotopic (exact) mass is 419 g/mol. The standard InChI is InChI=1S/C24H29N5O2/c1-4-17-15-23(28-24(27-17)22-7-5-6-10-25-22)29-11-8-18(9-12-29)26-19-13-20(30-2)16-21(14-19)31-3/h5-7,10,13-16,18,26H,4,8-9,11-12H2,1-3H3. The lowest BCUT2D eigenvalue weighted by atomic mass is 10.0. The summed E-state index contributed by atoms with van der Waals surface area (Å²) in [4.78, 5) is 16.3. The zero-order valence-corrected chi connectivity index (χ0v) is 18.3. The maximum atomic E-state index is 5.38. The second kappa shape index (κ2) is 9.64. The van der Waals surface area contributed by atoms with Crippen LogP contribution in [-0.4, -0.2) is 48.3 Å². The number of aryl methyl sites for hydroxylation is 1. The molecule has 162 valence electrons. The largest absolute Gasteiger partial charge is 0.497 e. The van der Waals surface area contributed by atoms with Crippen LogP contribution in [0.5, 0.6) is 11.5 Å². The Kier molecular flexibility index (Phi) is 6.50. The number of pyridine rings is 1. The summed E-state index contributed by atoms with van der Waals surface area (Å²) in [7, 11) is 3.34. The molecule has 0 radical (unpaired) electrons. The van der Waals surface area contributed by atoms with E-state index in [1.54, 1.807) is 20.4 Å². The number of nitrogens with zero attached hydrogens (tertiary/aromatic N) is 4. The molecule has 1 N–H and O–H groups in total. The third-order valence-corrected chi connectivity index (χ3v) is 5.56. The van der Waals surface area contributed by atoms with Crippen LogP contribution in [0.15, 0.2) is 48.7 Å². The maximum Gasteiger partial charge on any atom is 0.180 e. The van der Waals surface area contributed by atoms with Gasteiger partial charge in [-0.05, 0) is 31.4 Å². The van der Waals surface area contributed by atoms with Crippen LogP contribution in [0.2, 0.25) is 0 Å². The topological polar surface area (TPSA) is 72.4 Å². The van der Waals surface area contributed by atoms with E-state index in [0.29, 0.717) is 11.9 Å². The number of methoxy groups -OCH3 is 2. The van der Waals surface area contributed by atoms with Crippen LogP contribution in [0.4, 0.5) is 11.5 Å². The minimum absolute atomic E-state index is 0.385. The summed E-state index contributed by atoms with van der Waals surface area (Å²) >= 11 is 0. The summed E-state index contributed by atoms with van der Waals surface area (Å²) in [6, 6.07) is 14.2. The van der Waals surface area contributed by atoms with E-state index < -0.39 is 0 Å². The Morgan fingerprint density at radius 1 is 1.00 bits per heavy atom. The summed E-state index contributed by atoms with van der Waals surface area (Å²) < 4.78 is 10.8. The number of hydrogen-bond donors (Lipinski definition) is 1. The molecule has 1 saturated heterocycles. The van der Waals surface area contributed by atoms with Crippen molar-refractivity contribution in [1.82, 2.24) is 15.0 Å². The number of ether oxygens (including phenoxy) is 2. The molecular weight excluding hydrogens is 390 g/mol. The minimum atomic E-state index is 0.385. The van der Waals surface area contributed by atoms with Crippen molar-refractivity contribution in [3.63, 3.8) is 0 Å². The molecule has 7 nitrogen and oxygen atoms in total. The smallest absolute Gasteiger partial charge is 0.180 e. The summed E-state index contributed by atoms with van der Waals surface area (Å²) in [5.74, 6) is 3.25. The van der Waals surface area contributed by atoms with Crippen molar-refractivity contribution < 1.29 is 9.47 Å². The average Bonchev–Trinajstić information content (AvgIpc) is 2.84. The zero-order valence-electron chi connectivity index (χ0n) is 18.3. The Labute approximate surface area is 183 Å². The van der Waals surface area contributed by atoms with E-state index in [2.05, 4.69) is 33.2 Å². The van der Waals surface area contributed by atoms with Crippen molar-refractivity contribution in [2.45, 2.75) is 32.2 Å². The molecule has 31 heavy (non-hydrogen) atoms. The lowest BCUT2D eigenvalue weighted by Crippen LogP contribution is -2.39. The maximum absolute atomic E-state index is 5.38. The minimum Gasteiger partial charge on any atom is -0.497 e. The van der Waals surface area contributed by atoms with Gasteiger partial charge in [-0.15, -0.1) is 0 Å². The molecule has 0 unspecified atom stereocenters. The predicted octanol–water partition coefficient (Wildman–Crippen LogP) is 4.20. The lowest BCUT2D eigenvalue weighted by Gasteiger charge is -2.34. The Morgan fingerprint density at radius 3 is 2.35 bits per heavy atom. The average molecular weight is 420 g/mol. The van der Waals surface area contributed by atoms with Gasteiger partial charge in [-0.3, -0.25) is 4.98 Å². The van der Waals surface area contributed by atoms with E-state index in [9.17, 15) is 0 Å². The highest BCUT2D eigenvalue weighted by molar-refractivity contribution is 5.56. The summed E-state index contributed by atoms with van der Waals surface area (Å²) in [6.45, 7) is 3.98. The third kappa shape index (κ3) is 5.05.